The molecule has 1 aliphatic heterocycles. The van der Waals surface area contributed by atoms with E-state index < -0.39 is 17.7 Å². The van der Waals surface area contributed by atoms with E-state index in [1.807, 2.05) is 6.92 Å². The third kappa shape index (κ3) is 2.59. The summed E-state index contributed by atoms with van der Waals surface area (Å²) in [5, 5.41) is 17.9. The lowest BCUT2D eigenvalue weighted by Crippen LogP contribution is -2.67. The number of carboxylic acid groups (broad SMARTS) is 1. The van der Waals surface area contributed by atoms with Crippen LogP contribution in [0.15, 0.2) is 0 Å². The summed E-state index contributed by atoms with van der Waals surface area (Å²) >= 11 is 0. The highest BCUT2D eigenvalue weighted by Gasteiger charge is 2.50. The van der Waals surface area contributed by atoms with Crippen LogP contribution >= 0.6 is 0 Å². The fourth-order valence-corrected chi connectivity index (χ4v) is 1.24. The van der Waals surface area contributed by atoms with Gasteiger partial charge in [0.05, 0.1) is 19.7 Å². The van der Waals surface area contributed by atoms with Crippen LogP contribution in [-0.4, -0.2) is 52.5 Å². The van der Waals surface area contributed by atoms with Crippen molar-refractivity contribution in [1.29, 1.82) is 0 Å². The minimum Gasteiger partial charge on any atom is -0.479 e. The number of amides is 1. The number of carbonyl (C=O) groups excluding carboxylic acids is 1. The van der Waals surface area contributed by atoms with Crippen LogP contribution in [-0.2, 0) is 9.53 Å². The predicted molar refractivity (Wildman–Crippen MR) is 50.4 cm³/mol. The molecular formula is C9H15NO5. The molecular weight excluding hydrogens is 202 g/mol. The molecule has 0 aromatic heterocycles. The zero-order valence-corrected chi connectivity index (χ0v) is 8.60. The number of ether oxygens (including phenoxy) is 1. The molecule has 1 amide bonds. The van der Waals surface area contributed by atoms with E-state index in [4.69, 9.17) is 9.84 Å². The van der Waals surface area contributed by atoms with Crippen molar-refractivity contribution in [3.05, 3.63) is 0 Å². The fraction of sp³-hybridized carbons (Fsp3) is 0.778. The van der Waals surface area contributed by atoms with Crippen LogP contribution in [0.3, 0.4) is 0 Å². The highest BCUT2D eigenvalue weighted by molar-refractivity contribution is 5.82. The fourth-order valence-electron chi connectivity index (χ4n) is 1.24. The van der Waals surface area contributed by atoms with Gasteiger partial charge in [0.15, 0.2) is 5.60 Å². The Morgan fingerprint density at radius 3 is 2.53 bits per heavy atom. The minimum absolute atomic E-state index is 0.201. The molecule has 1 saturated heterocycles. The minimum atomic E-state index is -1.79. The summed E-state index contributed by atoms with van der Waals surface area (Å²) in [5.41, 5.74) is -1.79. The number of aliphatic hydroxyl groups is 1. The van der Waals surface area contributed by atoms with Gasteiger partial charge in [-0.3, -0.25) is 0 Å². The number of hydrogen-bond donors (Lipinski definition) is 2. The number of aliphatic carboxylic acids is 1. The summed E-state index contributed by atoms with van der Waals surface area (Å²) in [6.07, 6.45) is 1.14. The maximum atomic E-state index is 11.2. The molecule has 0 spiro atoms. The van der Waals surface area contributed by atoms with Crippen LogP contribution in [0.5, 0.6) is 0 Å². The normalized spacial score (nSPS) is 18.1. The molecule has 6 nitrogen and oxygen atoms in total. The van der Waals surface area contributed by atoms with Gasteiger partial charge in [-0.05, 0) is 6.42 Å². The molecule has 0 atom stereocenters. The molecule has 0 saturated carbocycles. The highest BCUT2D eigenvalue weighted by Crippen LogP contribution is 2.21. The Bertz CT molecular complexity index is 259. The van der Waals surface area contributed by atoms with E-state index in [9.17, 15) is 14.7 Å². The molecule has 86 valence electrons. The van der Waals surface area contributed by atoms with Gasteiger partial charge in [0.25, 0.3) is 0 Å². The second-order valence-corrected chi connectivity index (χ2v) is 3.66. The second kappa shape index (κ2) is 4.48. The summed E-state index contributed by atoms with van der Waals surface area (Å²) in [6.45, 7) is 1.90. The van der Waals surface area contributed by atoms with Gasteiger partial charge in [0.1, 0.15) is 0 Å². The monoisotopic (exact) mass is 217 g/mol. The van der Waals surface area contributed by atoms with Crippen LogP contribution in [0.1, 0.15) is 19.8 Å². The lowest BCUT2D eigenvalue weighted by Gasteiger charge is -2.42. The molecule has 1 heterocycles. The van der Waals surface area contributed by atoms with Gasteiger partial charge in [-0.25, -0.2) is 9.59 Å². The SMILES string of the molecule is CCCCOC(=O)N1CC(O)(C(=O)O)C1. The van der Waals surface area contributed by atoms with E-state index in [2.05, 4.69) is 0 Å². The number of nitrogens with zero attached hydrogens (tertiary/aromatic N) is 1. The standard InChI is InChI=1S/C9H15NO5/c1-2-3-4-15-8(13)10-5-9(14,6-10)7(11)12/h14H,2-6H2,1H3,(H,11,12). The van der Waals surface area contributed by atoms with Gasteiger partial charge in [-0.1, -0.05) is 13.3 Å². The molecule has 0 aromatic rings. The van der Waals surface area contributed by atoms with Crippen molar-refractivity contribution in [3.63, 3.8) is 0 Å². The quantitative estimate of drug-likeness (QED) is 0.650. The second-order valence-electron chi connectivity index (χ2n) is 3.66. The first-order chi connectivity index (χ1) is 6.99. The Kier molecular flexibility index (Phi) is 3.52. The van der Waals surface area contributed by atoms with E-state index in [-0.39, 0.29) is 13.1 Å². The van der Waals surface area contributed by atoms with Crippen molar-refractivity contribution in [2.75, 3.05) is 19.7 Å². The van der Waals surface area contributed by atoms with Crippen molar-refractivity contribution in [2.45, 2.75) is 25.4 Å². The van der Waals surface area contributed by atoms with Gasteiger partial charge < -0.3 is 19.8 Å². The number of carboxylic acids is 1. The summed E-state index contributed by atoms with van der Waals surface area (Å²) in [7, 11) is 0. The van der Waals surface area contributed by atoms with E-state index in [0.29, 0.717) is 6.61 Å². The Morgan fingerprint density at radius 1 is 1.47 bits per heavy atom. The number of rotatable bonds is 4. The van der Waals surface area contributed by atoms with Gasteiger partial charge in [-0.2, -0.15) is 0 Å². The maximum absolute atomic E-state index is 11.2. The Morgan fingerprint density at radius 2 is 2.07 bits per heavy atom. The molecule has 2 N–H and O–H groups in total. The maximum Gasteiger partial charge on any atom is 0.409 e. The molecule has 6 heteroatoms. The van der Waals surface area contributed by atoms with Gasteiger partial charge in [-0.15, -0.1) is 0 Å². The number of unbranched alkanes of at least 4 members (excludes halogenated alkanes) is 1. The lowest BCUT2D eigenvalue weighted by molar-refractivity contribution is -0.174. The Hall–Kier alpha value is -1.30. The number of likely N-dealkylation sites (tertiary alicyclic amines) is 1. The smallest absolute Gasteiger partial charge is 0.409 e. The molecule has 0 unspecified atom stereocenters. The first-order valence-corrected chi connectivity index (χ1v) is 4.87. The Balaban J connectivity index is 2.26. The number of hydrogen-bond acceptors (Lipinski definition) is 4. The van der Waals surface area contributed by atoms with E-state index in [1.165, 1.54) is 4.90 Å². The first-order valence-electron chi connectivity index (χ1n) is 4.87. The van der Waals surface area contributed by atoms with Crippen molar-refractivity contribution in [3.8, 4) is 0 Å². The van der Waals surface area contributed by atoms with Crippen LogP contribution in [0.4, 0.5) is 4.79 Å². The van der Waals surface area contributed by atoms with Gasteiger partial charge >= 0.3 is 12.1 Å². The van der Waals surface area contributed by atoms with Crippen molar-refractivity contribution in [2.24, 2.45) is 0 Å². The Labute approximate surface area is 87.4 Å². The van der Waals surface area contributed by atoms with Crippen LogP contribution in [0.25, 0.3) is 0 Å². The average Bonchev–Trinajstić information content (AvgIpc) is 2.12. The molecule has 15 heavy (non-hydrogen) atoms. The van der Waals surface area contributed by atoms with Crippen molar-refractivity contribution in [1.82, 2.24) is 4.90 Å². The molecule has 0 aliphatic carbocycles. The van der Waals surface area contributed by atoms with Crippen LogP contribution < -0.4 is 0 Å². The molecule has 0 aromatic carbocycles. The molecule has 1 rings (SSSR count). The molecule has 1 aliphatic rings. The zero-order valence-electron chi connectivity index (χ0n) is 8.60. The van der Waals surface area contributed by atoms with E-state index >= 15 is 0 Å². The van der Waals surface area contributed by atoms with E-state index in [0.717, 1.165) is 12.8 Å². The highest BCUT2D eigenvalue weighted by atomic mass is 16.6. The first kappa shape index (κ1) is 11.8. The van der Waals surface area contributed by atoms with Gasteiger partial charge in [0.2, 0.25) is 0 Å². The lowest BCUT2D eigenvalue weighted by atomic mass is 9.95. The van der Waals surface area contributed by atoms with Crippen LogP contribution in [0.2, 0.25) is 0 Å². The third-order valence-corrected chi connectivity index (χ3v) is 2.28. The summed E-state index contributed by atoms with van der Waals surface area (Å²) in [4.78, 5) is 22.9. The summed E-state index contributed by atoms with van der Waals surface area (Å²) in [6, 6.07) is 0. The van der Waals surface area contributed by atoms with E-state index in [1.54, 1.807) is 0 Å². The molecule has 1 fully saturated rings. The number of β-amino-alcohol motifs (C(OH)–C–C–N with tert-alkyl or cyclic N) is 1. The third-order valence-electron chi connectivity index (χ3n) is 2.28. The van der Waals surface area contributed by atoms with Crippen molar-refractivity contribution < 1.29 is 24.5 Å². The summed E-state index contributed by atoms with van der Waals surface area (Å²) < 4.78 is 4.84. The molecule has 0 radical (unpaired) electrons. The van der Waals surface area contributed by atoms with Crippen LogP contribution in [0, 0.1) is 0 Å². The summed E-state index contributed by atoms with van der Waals surface area (Å²) in [5.74, 6) is -1.31. The topological polar surface area (TPSA) is 87.1 Å². The zero-order chi connectivity index (χ0) is 11.5. The molecule has 0 bridgehead atoms. The van der Waals surface area contributed by atoms with Gasteiger partial charge in [0, 0.05) is 0 Å². The largest absolute Gasteiger partial charge is 0.479 e. The average molecular weight is 217 g/mol. The van der Waals surface area contributed by atoms with Crippen molar-refractivity contribution >= 4 is 12.1 Å². The predicted octanol–water partition coefficient (Wildman–Crippen LogP) is 0.0544. The number of carbonyl (C=O) groups is 2.